The first kappa shape index (κ1) is 15.2. The third-order valence-corrected chi connectivity index (χ3v) is 6.41. The fourth-order valence-corrected chi connectivity index (χ4v) is 4.81. The summed E-state index contributed by atoms with van der Waals surface area (Å²) in [6.45, 7) is 5.95. The van der Waals surface area contributed by atoms with E-state index in [2.05, 4.69) is 12.2 Å². The topological polar surface area (TPSA) is 52.7 Å². The maximum atomic E-state index is 12.5. The molecule has 1 heterocycles. The lowest BCUT2D eigenvalue weighted by Crippen LogP contribution is -2.42. The van der Waals surface area contributed by atoms with E-state index in [0.717, 1.165) is 32.6 Å². The first-order chi connectivity index (χ1) is 9.05. The predicted molar refractivity (Wildman–Crippen MR) is 77.1 cm³/mol. The monoisotopic (exact) mass is 289 g/mol. The molecule has 19 heavy (non-hydrogen) atoms. The molecule has 0 aromatic carbocycles. The molecular weight excluding hydrogens is 262 g/mol. The van der Waals surface area contributed by atoms with Crippen LogP contribution in [0.4, 0.5) is 0 Å². The zero-order chi connectivity index (χ0) is 13.9. The Bertz CT molecular complexity index is 373. The molecule has 1 saturated carbocycles. The highest BCUT2D eigenvalue weighted by Gasteiger charge is 2.41. The SMILES string of the molecule is CCNCCCN(C)S(=O)(=O)N1CC2CCCC2C1. The Balaban J connectivity index is 1.84. The summed E-state index contributed by atoms with van der Waals surface area (Å²) in [5.41, 5.74) is 0. The van der Waals surface area contributed by atoms with Gasteiger partial charge in [-0.25, -0.2) is 0 Å². The molecule has 2 fully saturated rings. The van der Waals surface area contributed by atoms with Gasteiger partial charge in [-0.3, -0.25) is 0 Å². The van der Waals surface area contributed by atoms with Gasteiger partial charge in [-0.2, -0.15) is 17.0 Å². The van der Waals surface area contributed by atoms with Crippen LogP contribution < -0.4 is 5.32 Å². The van der Waals surface area contributed by atoms with E-state index >= 15 is 0 Å². The lowest BCUT2D eigenvalue weighted by Gasteiger charge is -2.24. The Hall–Kier alpha value is -0.170. The van der Waals surface area contributed by atoms with E-state index in [1.165, 1.54) is 23.6 Å². The van der Waals surface area contributed by atoms with Crippen LogP contribution in [0.2, 0.25) is 0 Å². The number of fused-ring (bicyclic) bond motifs is 1. The van der Waals surface area contributed by atoms with Gasteiger partial charge in [-0.15, -0.1) is 0 Å². The first-order valence-electron chi connectivity index (χ1n) is 7.47. The summed E-state index contributed by atoms with van der Waals surface area (Å²) in [5, 5.41) is 3.22. The summed E-state index contributed by atoms with van der Waals surface area (Å²) < 4.78 is 28.1. The van der Waals surface area contributed by atoms with Gasteiger partial charge in [0.2, 0.25) is 0 Å². The maximum Gasteiger partial charge on any atom is 0.281 e. The number of rotatable bonds is 7. The van der Waals surface area contributed by atoms with Crippen molar-refractivity contribution in [2.75, 3.05) is 39.8 Å². The average Bonchev–Trinajstić information content (AvgIpc) is 2.94. The van der Waals surface area contributed by atoms with E-state index in [9.17, 15) is 8.42 Å². The molecular formula is C13H27N3O2S. The van der Waals surface area contributed by atoms with Crippen LogP contribution in [0.25, 0.3) is 0 Å². The Labute approximate surface area is 117 Å². The van der Waals surface area contributed by atoms with Gasteiger partial charge in [0.1, 0.15) is 0 Å². The summed E-state index contributed by atoms with van der Waals surface area (Å²) in [6, 6.07) is 0. The molecule has 2 rings (SSSR count). The van der Waals surface area contributed by atoms with Crippen molar-refractivity contribution < 1.29 is 8.42 Å². The average molecular weight is 289 g/mol. The third kappa shape index (κ3) is 3.48. The molecule has 6 heteroatoms. The van der Waals surface area contributed by atoms with Crippen molar-refractivity contribution in [2.45, 2.75) is 32.6 Å². The van der Waals surface area contributed by atoms with Gasteiger partial charge in [-0.05, 0) is 44.2 Å². The highest BCUT2D eigenvalue weighted by molar-refractivity contribution is 7.86. The molecule has 0 amide bonds. The highest BCUT2D eigenvalue weighted by atomic mass is 32.2. The molecule has 2 aliphatic rings. The molecule has 2 unspecified atom stereocenters. The minimum absolute atomic E-state index is 0.598. The summed E-state index contributed by atoms with van der Waals surface area (Å²) >= 11 is 0. The fourth-order valence-electron chi connectivity index (χ4n) is 3.30. The molecule has 1 aliphatic heterocycles. The van der Waals surface area contributed by atoms with Crippen LogP contribution in [0.15, 0.2) is 0 Å². The van der Waals surface area contributed by atoms with Crippen molar-refractivity contribution in [3.8, 4) is 0 Å². The predicted octanol–water partition coefficient (Wildman–Crippen LogP) is 0.895. The van der Waals surface area contributed by atoms with Crippen LogP contribution in [0, 0.1) is 11.8 Å². The molecule has 2 atom stereocenters. The Morgan fingerprint density at radius 1 is 1.26 bits per heavy atom. The standard InChI is InChI=1S/C13H27N3O2S/c1-3-14-8-5-9-15(2)19(17,18)16-10-12-6-4-7-13(12)11-16/h12-14H,3-11H2,1-2H3. The maximum absolute atomic E-state index is 12.5. The quantitative estimate of drug-likeness (QED) is 0.708. The smallest absolute Gasteiger partial charge is 0.281 e. The Morgan fingerprint density at radius 2 is 1.89 bits per heavy atom. The lowest BCUT2D eigenvalue weighted by molar-refractivity contribution is 0.375. The van der Waals surface area contributed by atoms with E-state index in [0.29, 0.717) is 18.4 Å². The molecule has 1 N–H and O–H groups in total. The van der Waals surface area contributed by atoms with Crippen LogP contribution in [0.3, 0.4) is 0 Å². The highest BCUT2D eigenvalue weighted by Crippen LogP contribution is 2.38. The third-order valence-electron chi connectivity index (χ3n) is 4.49. The van der Waals surface area contributed by atoms with E-state index in [-0.39, 0.29) is 0 Å². The van der Waals surface area contributed by atoms with Crippen molar-refractivity contribution in [3.05, 3.63) is 0 Å². The van der Waals surface area contributed by atoms with Crippen molar-refractivity contribution in [2.24, 2.45) is 11.8 Å². The van der Waals surface area contributed by atoms with Crippen LogP contribution in [-0.2, 0) is 10.2 Å². The molecule has 0 bridgehead atoms. The van der Waals surface area contributed by atoms with Crippen LogP contribution in [0.1, 0.15) is 32.6 Å². The second kappa shape index (κ2) is 6.52. The second-order valence-electron chi connectivity index (χ2n) is 5.80. The van der Waals surface area contributed by atoms with Gasteiger partial charge in [0.05, 0.1) is 0 Å². The molecule has 1 saturated heterocycles. The van der Waals surface area contributed by atoms with Gasteiger partial charge in [-0.1, -0.05) is 13.3 Å². The lowest BCUT2D eigenvalue weighted by atomic mass is 10.0. The van der Waals surface area contributed by atoms with Crippen LogP contribution >= 0.6 is 0 Å². The minimum atomic E-state index is -3.23. The number of hydrogen-bond donors (Lipinski definition) is 1. The van der Waals surface area contributed by atoms with Gasteiger partial charge in [0, 0.05) is 26.7 Å². The second-order valence-corrected chi connectivity index (χ2v) is 7.84. The molecule has 112 valence electrons. The molecule has 0 spiro atoms. The van der Waals surface area contributed by atoms with Crippen LogP contribution in [-0.4, -0.2) is 56.8 Å². The number of nitrogens with one attached hydrogen (secondary N) is 1. The fraction of sp³-hybridized carbons (Fsp3) is 1.00. The summed E-state index contributed by atoms with van der Waals surface area (Å²) in [4.78, 5) is 0. The summed E-state index contributed by atoms with van der Waals surface area (Å²) in [5.74, 6) is 1.23. The Kier molecular flexibility index (Phi) is 5.22. The van der Waals surface area contributed by atoms with Gasteiger partial charge in [0.25, 0.3) is 10.2 Å². The Morgan fingerprint density at radius 3 is 2.47 bits per heavy atom. The summed E-state index contributed by atoms with van der Waals surface area (Å²) in [6.07, 6.45) is 4.56. The van der Waals surface area contributed by atoms with Crippen molar-refractivity contribution in [1.82, 2.24) is 13.9 Å². The number of hydrogen-bond acceptors (Lipinski definition) is 3. The van der Waals surface area contributed by atoms with E-state index in [1.54, 1.807) is 11.4 Å². The van der Waals surface area contributed by atoms with Crippen molar-refractivity contribution in [1.29, 1.82) is 0 Å². The van der Waals surface area contributed by atoms with Crippen LogP contribution in [0.5, 0.6) is 0 Å². The number of nitrogens with zero attached hydrogens (tertiary/aromatic N) is 2. The summed E-state index contributed by atoms with van der Waals surface area (Å²) in [7, 11) is -1.53. The largest absolute Gasteiger partial charge is 0.317 e. The minimum Gasteiger partial charge on any atom is -0.317 e. The van der Waals surface area contributed by atoms with Crippen molar-refractivity contribution >= 4 is 10.2 Å². The van der Waals surface area contributed by atoms with Gasteiger partial charge >= 0.3 is 0 Å². The molecule has 5 nitrogen and oxygen atoms in total. The van der Waals surface area contributed by atoms with Gasteiger partial charge in [0.15, 0.2) is 0 Å². The molecule has 0 aromatic heterocycles. The molecule has 0 radical (unpaired) electrons. The molecule has 1 aliphatic carbocycles. The van der Waals surface area contributed by atoms with Gasteiger partial charge < -0.3 is 5.32 Å². The zero-order valence-corrected chi connectivity index (χ0v) is 13.0. The zero-order valence-electron chi connectivity index (χ0n) is 12.1. The van der Waals surface area contributed by atoms with Crippen molar-refractivity contribution in [3.63, 3.8) is 0 Å². The van der Waals surface area contributed by atoms with E-state index in [4.69, 9.17) is 0 Å². The van der Waals surface area contributed by atoms with E-state index < -0.39 is 10.2 Å². The molecule has 0 aromatic rings. The first-order valence-corrected chi connectivity index (χ1v) is 8.87. The van der Waals surface area contributed by atoms with E-state index in [1.807, 2.05) is 0 Å². The normalized spacial score (nSPS) is 28.2.